The van der Waals surface area contributed by atoms with Crippen LogP contribution in [0.2, 0.25) is 0 Å². The van der Waals surface area contributed by atoms with E-state index < -0.39 is 0 Å². The Morgan fingerprint density at radius 2 is 0.470 bits per heavy atom. The van der Waals surface area contributed by atoms with Crippen molar-refractivity contribution >= 4 is 109 Å². The minimum atomic E-state index is 0.601. The van der Waals surface area contributed by atoms with Crippen LogP contribution in [0.5, 0.6) is 0 Å². The zero-order valence-electron chi connectivity index (χ0n) is 72.6. The highest BCUT2D eigenvalue weighted by molar-refractivity contribution is 6.26. The fourth-order valence-electron chi connectivity index (χ4n) is 19.8. The predicted octanol–water partition coefficient (Wildman–Crippen LogP) is 32.3. The second-order valence-corrected chi connectivity index (χ2v) is 34.1. The van der Waals surface area contributed by atoms with Crippen LogP contribution in [0.15, 0.2) is 479 Å². The van der Waals surface area contributed by atoms with Gasteiger partial charge >= 0.3 is 0 Å². The maximum absolute atomic E-state index is 5.52. The summed E-state index contributed by atoms with van der Waals surface area (Å²) < 4.78 is 4.80. The molecule has 0 saturated carbocycles. The molecule has 9 nitrogen and oxygen atoms in total. The van der Waals surface area contributed by atoms with Crippen LogP contribution in [0.25, 0.3) is 255 Å². The zero-order valence-corrected chi connectivity index (χ0v) is 72.6. The van der Waals surface area contributed by atoms with Crippen LogP contribution in [-0.2, 0) is 0 Å². The molecule has 0 unspecified atom stereocenters. The minimum Gasteiger partial charge on any atom is -0.308 e. The quantitative estimate of drug-likeness (QED) is 0.1000. The molecule has 26 rings (SSSR count). The molecule has 0 aliphatic heterocycles. The Morgan fingerprint density at radius 3 is 0.948 bits per heavy atom. The van der Waals surface area contributed by atoms with Crippen molar-refractivity contribution in [3.05, 3.63) is 479 Å². The average molecular weight is 1710 g/mol. The predicted molar refractivity (Wildman–Crippen MR) is 556 cm³/mol. The molecule has 6 heterocycles. The Kier molecular flexibility index (Phi) is 19.4. The summed E-state index contributed by atoms with van der Waals surface area (Å²) in [6, 6.07) is 170. The van der Waals surface area contributed by atoms with Crippen LogP contribution >= 0.6 is 0 Å². The molecule has 0 saturated heterocycles. The third-order valence-corrected chi connectivity index (χ3v) is 26.2. The lowest BCUT2D eigenvalue weighted by molar-refractivity contribution is 1.07. The lowest BCUT2D eigenvalue weighted by Gasteiger charge is -2.14. The maximum atomic E-state index is 5.52. The van der Waals surface area contributed by atoms with Crippen molar-refractivity contribution in [3.8, 4) is 146 Å². The van der Waals surface area contributed by atoms with Crippen molar-refractivity contribution in [3.63, 3.8) is 0 Å². The van der Waals surface area contributed by atoms with Gasteiger partial charge in [-0.3, -0.25) is 0 Å². The van der Waals surface area contributed by atoms with Gasteiger partial charge in [-0.2, -0.15) is 0 Å². The highest BCUT2D eigenvalue weighted by Gasteiger charge is 2.26. The van der Waals surface area contributed by atoms with E-state index in [1.54, 1.807) is 0 Å². The van der Waals surface area contributed by atoms with Gasteiger partial charge in [0.15, 0.2) is 23.3 Å². The van der Waals surface area contributed by atoms with Crippen LogP contribution in [0.4, 0.5) is 0 Å². The highest BCUT2D eigenvalue weighted by atomic mass is 15.0. The lowest BCUT2D eigenvalue weighted by Crippen LogP contribution is -2.01. The van der Waals surface area contributed by atoms with Gasteiger partial charge in [-0.1, -0.05) is 370 Å². The van der Waals surface area contributed by atoms with E-state index in [1.807, 2.05) is 24.3 Å². The molecule has 0 amide bonds. The van der Waals surface area contributed by atoms with E-state index in [1.165, 1.54) is 59.8 Å². The van der Waals surface area contributed by atoms with Crippen molar-refractivity contribution in [1.29, 1.82) is 0 Å². The van der Waals surface area contributed by atoms with Crippen molar-refractivity contribution < 1.29 is 0 Å². The first-order chi connectivity index (χ1) is 66.4. The maximum Gasteiger partial charge on any atom is 0.164 e. The third kappa shape index (κ3) is 14.0. The van der Waals surface area contributed by atoms with Gasteiger partial charge in [-0.05, 0) is 197 Å². The molecule has 9 heteroatoms. The number of hydrogen-bond acceptors (Lipinski definition) is 7. The number of para-hydroxylation sites is 4. The van der Waals surface area contributed by atoms with Crippen molar-refractivity contribution in [2.45, 2.75) is 0 Å². The van der Waals surface area contributed by atoms with Crippen molar-refractivity contribution in [2.75, 3.05) is 0 Å². The van der Waals surface area contributed by atoms with Crippen molar-refractivity contribution in [2.24, 2.45) is 0 Å². The van der Waals surface area contributed by atoms with Gasteiger partial charge in [0.25, 0.3) is 0 Å². The second-order valence-electron chi connectivity index (χ2n) is 34.1. The van der Waals surface area contributed by atoms with Gasteiger partial charge < -0.3 is 9.13 Å². The smallest absolute Gasteiger partial charge is 0.164 e. The summed E-state index contributed by atoms with van der Waals surface area (Å²) in [5.74, 6) is 2.50. The standard InChI is InChI=1S/C63H40N4.C62H39N5/c1-3-16-41(17-4-1)46-21-15-22-48(38-46)58-40-57(43-18-5-2-6-19-43)65-63(66-58)45-34-36-49(37-35-45)67-59-29-14-12-27-54(59)60-61(64-56-28-13-11-26-53(56)62(60)67)44-32-30-42(31-33-44)55-39-47-20-7-8-23-50(47)51-24-9-10-25-52(51)55;1-3-17-40(18-4-1)43-22-15-24-46(37-43)61-64-60(65-62(66-61)47-25-16-23-44(38-47)41-19-5-2-6-20-41)42-33-35-48(36-34-42)67-56-32-14-12-30-53(56)57-58(63-55-31-13-11-29-52(55)59(57)67)54-39-45-21-7-8-26-49(45)50-27-9-10-28-51(50)54/h1-40H;1-39H. The molecule has 0 spiro atoms. The molecular weight excluding hydrogens is 1630 g/mol. The van der Waals surface area contributed by atoms with Crippen LogP contribution in [-0.4, -0.2) is 44.0 Å². The molecule has 0 fully saturated rings. The van der Waals surface area contributed by atoms with Crippen LogP contribution in [0, 0.1) is 0 Å². The molecule has 624 valence electrons. The third-order valence-electron chi connectivity index (χ3n) is 26.2. The molecule has 134 heavy (non-hydrogen) atoms. The summed E-state index contributed by atoms with van der Waals surface area (Å²) in [6.07, 6.45) is 0. The first-order valence-corrected chi connectivity index (χ1v) is 45.4. The van der Waals surface area contributed by atoms with Crippen molar-refractivity contribution in [1.82, 2.24) is 44.0 Å². The van der Waals surface area contributed by atoms with Gasteiger partial charge in [0.05, 0.1) is 55.9 Å². The Bertz CT molecular complexity index is 8990. The fraction of sp³-hybridized carbons (Fsp3) is 0. The Balaban J connectivity index is 0.000000143. The highest BCUT2D eigenvalue weighted by Crippen LogP contribution is 2.48. The molecular formula is C125H79N9. The molecule has 0 radical (unpaired) electrons. The number of hydrogen-bond donors (Lipinski definition) is 0. The number of aromatic nitrogens is 9. The topological polar surface area (TPSA) is 100 Å². The molecule has 0 atom stereocenters. The van der Waals surface area contributed by atoms with E-state index >= 15 is 0 Å². The summed E-state index contributed by atoms with van der Waals surface area (Å²) >= 11 is 0. The van der Waals surface area contributed by atoms with Gasteiger partial charge in [0.2, 0.25) is 0 Å². The second kappa shape index (κ2) is 33.2. The molecule has 20 aromatic carbocycles. The normalized spacial score (nSPS) is 11.6. The van der Waals surface area contributed by atoms with Crippen LogP contribution in [0.1, 0.15) is 0 Å². The number of benzene rings is 20. The zero-order chi connectivity index (χ0) is 88.5. The Hall–Kier alpha value is -18.1. The van der Waals surface area contributed by atoms with E-state index in [0.29, 0.717) is 23.3 Å². The van der Waals surface area contributed by atoms with Gasteiger partial charge in [-0.15, -0.1) is 0 Å². The first-order valence-electron chi connectivity index (χ1n) is 45.4. The monoisotopic (exact) mass is 1710 g/mol. The molecule has 0 N–H and O–H groups in total. The van der Waals surface area contributed by atoms with Gasteiger partial charge in [-0.25, -0.2) is 34.9 Å². The SMILES string of the molecule is c1ccc(-c2cccc(-c3cc(-c4ccccc4)nc(-c4ccc(-n5c6ccccc6c6c(-c7ccc(-c8cc9ccccc9c9ccccc89)cc7)nc7ccccc7c65)cc4)n3)c2)cc1.c1ccc(-c2cccc(-c3nc(-c4ccc(-n5c6ccccc6c6c(-c7cc8ccccc8c8ccccc78)nc7ccccc7c65)cc4)nc(-c4cccc(-c5ccccc5)c4)n3)c2)cc1. The average Bonchev–Trinajstić information content (AvgIpc) is 1.55. The summed E-state index contributed by atoms with van der Waals surface area (Å²) in [5.41, 5.74) is 29.3. The van der Waals surface area contributed by atoms with Crippen LogP contribution in [0.3, 0.4) is 0 Å². The molecule has 6 aromatic heterocycles. The molecule has 0 aliphatic carbocycles. The Labute approximate surface area is 772 Å². The lowest BCUT2D eigenvalue weighted by atomic mass is 9.92. The summed E-state index contributed by atoms with van der Waals surface area (Å²) in [7, 11) is 0. The van der Waals surface area contributed by atoms with E-state index in [4.69, 9.17) is 34.9 Å². The number of pyridine rings is 2. The first kappa shape index (κ1) is 78.2. The molecule has 0 aliphatic rings. The van der Waals surface area contributed by atoms with Crippen LogP contribution < -0.4 is 0 Å². The fourth-order valence-corrected chi connectivity index (χ4v) is 19.8. The number of fused-ring (bicyclic) bond motifs is 16. The molecule has 0 bridgehead atoms. The van der Waals surface area contributed by atoms with E-state index in [9.17, 15) is 0 Å². The summed E-state index contributed by atoms with van der Waals surface area (Å²) in [5, 5.41) is 16.6. The van der Waals surface area contributed by atoms with Gasteiger partial charge in [0.1, 0.15) is 0 Å². The minimum absolute atomic E-state index is 0.601. The Morgan fingerprint density at radius 1 is 0.157 bits per heavy atom. The van der Waals surface area contributed by atoms with E-state index in [0.717, 1.165) is 172 Å². The summed E-state index contributed by atoms with van der Waals surface area (Å²) in [4.78, 5) is 36.9. The van der Waals surface area contributed by atoms with E-state index in [-0.39, 0.29) is 0 Å². The number of nitrogens with zero attached hydrogens (tertiary/aromatic N) is 9. The molecule has 26 aromatic rings. The van der Waals surface area contributed by atoms with E-state index in [2.05, 4.69) is 464 Å². The van der Waals surface area contributed by atoms with Gasteiger partial charge in [0, 0.05) is 88.2 Å². The number of rotatable bonds is 14. The summed E-state index contributed by atoms with van der Waals surface area (Å²) in [6.45, 7) is 0. The largest absolute Gasteiger partial charge is 0.308 e.